The first kappa shape index (κ1) is 35.9. The van der Waals surface area contributed by atoms with E-state index >= 15 is 0 Å². The Bertz CT molecular complexity index is 2000. The number of hydrogen-bond donors (Lipinski definition) is 2. The van der Waals surface area contributed by atoms with E-state index in [9.17, 15) is 9.59 Å². The zero-order valence-corrected chi connectivity index (χ0v) is 30.5. The molecular formula is C35H43ClN10O5. The number of halogens is 1. The SMILES string of the molecule is COc1cc(-c2nn([C@H]3CC[C@@H](N4CCN(C)CC4)CC3)c3ncnc(N)c23)ccc1NC(=O)c1c(C)noc1C.Cc1noc(C)c1C(=O)Cl. The number of piperazine rings is 1. The number of carbonyl (C=O) groups excluding carboxylic acids is 2. The molecule has 270 valence electrons. The van der Waals surface area contributed by atoms with Crippen molar-refractivity contribution < 1.29 is 23.4 Å². The largest absolute Gasteiger partial charge is 0.495 e. The first-order valence-electron chi connectivity index (χ1n) is 16.9. The molecule has 1 aliphatic heterocycles. The molecule has 4 aromatic heterocycles. The fourth-order valence-corrected chi connectivity index (χ4v) is 7.27. The minimum absolute atomic E-state index is 0.236. The summed E-state index contributed by atoms with van der Waals surface area (Å²) in [6.07, 6.45) is 5.85. The summed E-state index contributed by atoms with van der Waals surface area (Å²) in [5.74, 6) is 1.50. The topological polar surface area (TPSA) is 184 Å². The maximum Gasteiger partial charge on any atom is 0.261 e. The Morgan fingerprint density at radius 3 is 2.12 bits per heavy atom. The van der Waals surface area contributed by atoms with Gasteiger partial charge in [-0.2, -0.15) is 5.10 Å². The highest BCUT2D eigenvalue weighted by Gasteiger charge is 2.31. The molecule has 0 bridgehead atoms. The highest BCUT2D eigenvalue weighted by atomic mass is 35.5. The number of nitrogen functional groups attached to an aromatic ring is 1. The molecule has 2 aliphatic rings. The standard InChI is InChI=1S/C29H37N9O3.C6H6ClNO2/c1-17-24(18(2)41-35-17)29(39)33-22-10-5-19(15-23(22)40-4)26-25-27(30)31-16-32-28(25)38(34-26)21-8-6-20(7-9-21)37-13-11-36(3)12-14-37;1-3-5(6(7)9)4(2)10-8-3/h5,10,15-16,20-21H,6-9,11-14H2,1-4H3,(H,33,39)(H2,30,31,32);1-2H3/t20-,21+;. The molecule has 1 saturated heterocycles. The van der Waals surface area contributed by atoms with Crippen LogP contribution in [0.1, 0.15) is 75.3 Å². The Morgan fingerprint density at radius 2 is 1.55 bits per heavy atom. The number of nitrogens with zero attached hydrogens (tertiary/aromatic N) is 8. The van der Waals surface area contributed by atoms with Crippen molar-refractivity contribution in [3.63, 3.8) is 0 Å². The first-order chi connectivity index (χ1) is 24.5. The van der Waals surface area contributed by atoms with Gasteiger partial charge in [0.1, 0.15) is 40.7 Å². The normalized spacial score (nSPS) is 18.3. The lowest BCUT2D eigenvalue weighted by Gasteiger charge is -2.41. The third kappa shape index (κ3) is 7.46. The van der Waals surface area contributed by atoms with Gasteiger partial charge in [-0.15, -0.1) is 0 Å². The van der Waals surface area contributed by atoms with Gasteiger partial charge in [-0.05, 0) is 84.2 Å². The Balaban J connectivity index is 0.000000388. The molecule has 0 unspecified atom stereocenters. The summed E-state index contributed by atoms with van der Waals surface area (Å²) in [5.41, 5.74) is 11.0. The fourth-order valence-electron chi connectivity index (χ4n) is 7.00. The second-order valence-corrected chi connectivity index (χ2v) is 13.4. The predicted octanol–water partition coefficient (Wildman–Crippen LogP) is 5.34. The summed E-state index contributed by atoms with van der Waals surface area (Å²) in [7, 11) is 3.76. The zero-order valence-electron chi connectivity index (χ0n) is 29.7. The molecule has 5 aromatic rings. The van der Waals surface area contributed by atoms with Crippen LogP contribution in [0, 0.1) is 27.7 Å². The molecular weight excluding hydrogens is 676 g/mol. The van der Waals surface area contributed by atoms with Crippen LogP contribution in [0.4, 0.5) is 11.5 Å². The van der Waals surface area contributed by atoms with Crippen molar-refractivity contribution in [1.29, 1.82) is 0 Å². The van der Waals surface area contributed by atoms with Gasteiger partial charge in [-0.25, -0.2) is 14.6 Å². The molecule has 16 heteroatoms. The molecule has 5 heterocycles. The van der Waals surface area contributed by atoms with Gasteiger partial charge in [-0.1, -0.05) is 16.4 Å². The van der Waals surface area contributed by atoms with Crippen LogP contribution in [0.3, 0.4) is 0 Å². The lowest BCUT2D eigenvalue weighted by molar-refractivity contribution is 0.0815. The summed E-state index contributed by atoms with van der Waals surface area (Å²) in [5, 5.41) is 15.6. The lowest BCUT2D eigenvalue weighted by atomic mass is 9.90. The van der Waals surface area contributed by atoms with Crippen LogP contribution in [0.5, 0.6) is 5.75 Å². The number of carbonyl (C=O) groups is 2. The van der Waals surface area contributed by atoms with E-state index in [0.717, 1.165) is 68.5 Å². The number of fused-ring (bicyclic) bond motifs is 1. The van der Waals surface area contributed by atoms with Gasteiger partial charge in [0, 0.05) is 37.8 Å². The van der Waals surface area contributed by atoms with E-state index in [0.29, 0.717) is 63.0 Å². The zero-order chi connectivity index (χ0) is 36.4. The van der Waals surface area contributed by atoms with E-state index in [-0.39, 0.29) is 11.9 Å². The van der Waals surface area contributed by atoms with Crippen LogP contribution in [-0.2, 0) is 0 Å². The van der Waals surface area contributed by atoms with Crippen molar-refractivity contribution in [3.05, 3.63) is 58.6 Å². The van der Waals surface area contributed by atoms with Crippen molar-refractivity contribution in [3.8, 4) is 17.0 Å². The predicted molar refractivity (Wildman–Crippen MR) is 192 cm³/mol. The number of benzene rings is 1. The van der Waals surface area contributed by atoms with Gasteiger partial charge >= 0.3 is 0 Å². The maximum absolute atomic E-state index is 13.0. The van der Waals surface area contributed by atoms with E-state index in [1.807, 2.05) is 16.8 Å². The molecule has 1 aliphatic carbocycles. The van der Waals surface area contributed by atoms with Crippen molar-refractivity contribution in [1.82, 2.24) is 39.9 Å². The highest BCUT2D eigenvalue weighted by molar-refractivity contribution is 6.68. The molecule has 1 saturated carbocycles. The second-order valence-electron chi connectivity index (χ2n) is 13.1. The lowest BCUT2D eigenvalue weighted by Crippen LogP contribution is -2.49. The van der Waals surface area contributed by atoms with E-state index in [4.69, 9.17) is 36.2 Å². The van der Waals surface area contributed by atoms with Crippen LogP contribution < -0.4 is 15.8 Å². The van der Waals surface area contributed by atoms with Crippen molar-refractivity contribution in [2.24, 2.45) is 0 Å². The molecule has 51 heavy (non-hydrogen) atoms. The Kier molecular flexibility index (Phi) is 10.7. The summed E-state index contributed by atoms with van der Waals surface area (Å²) in [4.78, 5) is 37.5. The second kappa shape index (κ2) is 15.2. The number of aromatic nitrogens is 6. The van der Waals surface area contributed by atoms with Crippen molar-refractivity contribution >= 4 is 45.3 Å². The average Bonchev–Trinajstić information content (AvgIpc) is 3.79. The monoisotopic (exact) mass is 718 g/mol. The minimum Gasteiger partial charge on any atom is -0.495 e. The molecule has 0 atom stereocenters. The summed E-state index contributed by atoms with van der Waals surface area (Å²) in [6, 6.07) is 6.41. The van der Waals surface area contributed by atoms with Gasteiger partial charge in [0.05, 0.1) is 41.2 Å². The van der Waals surface area contributed by atoms with Gasteiger partial charge in [0.15, 0.2) is 5.65 Å². The van der Waals surface area contributed by atoms with Crippen LogP contribution in [0.15, 0.2) is 33.6 Å². The Morgan fingerprint density at radius 1 is 0.922 bits per heavy atom. The van der Waals surface area contributed by atoms with Crippen LogP contribution in [-0.4, -0.2) is 97.4 Å². The van der Waals surface area contributed by atoms with E-state index in [1.165, 1.54) is 6.33 Å². The quantitative estimate of drug-likeness (QED) is 0.206. The first-order valence-corrected chi connectivity index (χ1v) is 17.3. The van der Waals surface area contributed by atoms with Gasteiger partial charge in [0.2, 0.25) is 0 Å². The van der Waals surface area contributed by atoms with Gasteiger partial charge < -0.3 is 29.7 Å². The van der Waals surface area contributed by atoms with Crippen LogP contribution in [0.2, 0.25) is 0 Å². The number of amides is 1. The van der Waals surface area contributed by atoms with Gasteiger partial charge in [0.25, 0.3) is 11.1 Å². The van der Waals surface area contributed by atoms with Gasteiger partial charge in [-0.3, -0.25) is 14.5 Å². The fraction of sp³-hybridized carbons (Fsp3) is 0.457. The highest BCUT2D eigenvalue weighted by Crippen LogP contribution is 2.39. The number of anilines is 2. The third-order valence-corrected chi connectivity index (χ3v) is 9.99. The molecule has 1 amide bonds. The molecule has 3 N–H and O–H groups in total. The average molecular weight is 719 g/mol. The van der Waals surface area contributed by atoms with Crippen molar-refractivity contribution in [2.75, 3.05) is 51.4 Å². The number of nitrogens with one attached hydrogen (secondary N) is 1. The van der Waals surface area contributed by atoms with E-state index in [1.54, 1.807) is 40.9 Å². The Labute approximate surface area is 300 Å². The smallest absolute Gasteiger partial charge is 0.261 e. The summed E-state index contributed by atoms with van der Waals surface area (Å²) < 4.78 is 17.6. The molecule has 1 aromatic carbocycles. The number of likely N-dealkylation sites (N-methyl/N-ethyl adjacent to an activating group) is 1. The number of methoxy groups -OCH3 is 1. The molecule has 0 spiro atoms. The van der Waals surface area contributed by atoms with Crippen LogP contribution in [0.25, 0.3) is 22.3 Å². The number of hydrogen-bond acceptors (Lipinski definition) is 13. The minimum atomic E-state index is -0.517. The molecule has 7 rings (SSSR count). The summed E-state index contributed by atoms with van der Waals surface area (Å²) in [6.45, 7) is 11.3. The number of nitrogens with two attached hydrogens (primary N) is 1. The Hall–Kier alpha value is -4.86. The number of ether oxygens (including phenoxy) is 1. The number of rotatable bonds is 7. The third-order valence-electron chi connectivity index (χ3n) is 9.80. The number of aryl methyl sites for hydroxylation is 4. The van der Waals surface area contributed by atoms with E-state index in [2.05, 4.69) is 42.4 Å². The summed E-state index contributed by atoms with van der Waals surface area (Å²) >= 11 is 5.22. The van der Waals surface area contributed by atoms with Crippen LogP contribution >= 0.6 is 11.6 Å². The molecule has 2 fully saturated rings. The maximum atomic E-state index is 13.0. The van der Waals surface area contributed by atoms with Crippen molar-refractivity contribution in [2.45, 2.75) is 65.5 Å². The molecule has 15 nitrogen and oxygen atoms in total. The molecule has 0 radical (unpaired) electrons. The van der Waals surface area contributed by atoms with E-state index < -0.39 is 5.24 Å².